The van der Waals surface area contributed by atoms with Gasteiger partial charge in [-0.25, -0.2) is 0 Å². The highest BCUT2D eigenvalue weighted by atomic mass is 16.2. The van der Waals surface area contributed by atoms with Gasteiger partial charge in [-0.05, 0) is 152 Å². The molecule has 0 saturated carbocycles. The molecule has 348 valence electrons. The van der Waals surface area contributed by atoms with Gasteiger partial charge in [-0.2, -0.15) is 0 Å². The molecule has 2 aliphatic heterocycles. The van der Waals surface area contributed by atoms with E-state index in [0.29, 0.717) is 65.7 Å². The standard InChI is InChI=1S/C64H36N4O6/c1-65-61(71)43-29-27-37-48-32-46(34-21-25-36(26-22-34)68-51-17-9-5-13-41(51)60(70)42-14-6-10-18-52(42)68)58-56-44(62(72)66(2)64(58)74)30-28-38(54(48)56)47-31-45(57(63(65)73)55(43)53(37)47)33-19-23-35(24-20-33)67-49-15-7-3-11-39(49)59(69)40-12-4-8-16-50(40)67/h3-32H,1-2H3. The van der Waals surface area contributed by atoms with Gasteiger partial charge in [0, 0.05) is 68.9 Å². The lowest BCUT2D eigenvalue weighted by Crippen LogP contribution is -2.37. The number of hydrogen-bond donors (Lipinski definition) is 0. The maximum absolute atomic E-state index is 14.7. The maximum atomic E-state index is 14.7. The number of nitrogens with zero attached hydrogens (tertiary/aromatic N) is 4. The van der Waals surface area contributed by atoms with Crippen LogP contribution in [0.3, 0.4) is 0 Å². The molecule has 0 spiro atoms. The molecule has 4 heterocycles. The lowest BCUT2D eigenvalue weighted by atomic mass is 9.78. The minimum atomic E-state index is -0.429. The first-order valence-electron chi connectivity index (χ1n) is 24.3. The van der Waals surface area contributed by atoms with Gasteiger partial charge in [0.05, 0.1) is 33.2 Å². The summed E-state index contributed by atoms with van der Waals surface area (Å²) in [6.45, 7) is 0. The van der Waals surface area contributed by atoms with Crippen LogP contribution in [0.1, 0.15) is 41.4 Å². The highest BCUT2D eigenvalue weighted by Crippen LogP contribution is 2.50. The predicted octanol–water partition coefficient (Wildman–Crippen LogP) is 12.4. The number of carbonyl (C=O) groups excluding carboxylic acids is 4. The molecule has 15 rings (SSSR count). The van der Waals surface area contributed by atoms with Crippen LogP contribution in [0.5, 0.6) is 0 Å². The first-order chi connectivity index (χ1) is 36.1. The Kier molecular flexibility index (Phi) is 8.31. The van der Waals surface area contributed by atoms with E-state index in [4.69, 9.17) is 0 Å². The zero-order chi connectivity index (χ0) is 50.0. The largest absolute Gasteiger partial charge is 0.309 e. The molecular formula is C64H36N4O6. The van der Waals surface area contributed by atoms with E-state index in [-0.39, 0.29) is 10.9 Å². The number of rotatable bonds is 4. The van der Waals surface area contributed by atoms with E-state index in [2.05, 4.69) is 9.13 Å². The molecule has 0 bridgehead atoms. The van der Waals surface area contributed by atoms with Crippen molar-refractivity contribution in [3.05, 3.63) is 225 Å². The number of amides is 4. The van der Waals surface area contributed by atoms with E-state index in [9.17, 15) is 28.8 Å². The average molecular weight is 957 g/mol. The summed E-state index contributed by atoms with van der Waals surface area (Å²) in [5.41, 5.74) is 8.89. The molecule has 10 heteroatoms. The average Bonchev–Trinajstić information content (AvgIpc) is 3.47. The van der Waals surface area contributed by atoms with E-state index in [0.717, 1.165) is 76.9 Å². The molecule has 0 unspecified atom stereocenters. The van der Waals surface area contributed by atoms with Crippen LogP contribution in [0.2, 0.25) is 0 Å². The van der Waals surface area contributed by atoms with Crippen LogP contribution < -0.4 is 10.9 Å². The summed E-state index contributed by atoms with van der Waals surface area (Å²) in [7, 11) is 3.02. The van der Waals surface area contributed by atoms with Crippen molar-refractivity contribution in [2.75, 3.05) is 14.1 Å². The first kappa shape index (κ1) is 41.7. The minimum absolute atomic E-state index is 0.0413. The molecule has 0 radical (unpaired) electrons. The summed E-state index contributed by atoms with van der Waals surface area (Å²) >= 11 is 0. The number of benzene rings is 11. The molecule has 0 aliphatic carbocycles. The Morgan fingerprint density at radius 3 is 0.946 bits per heavy atom. The van der Waals surface area contributed by atoms with E-state index in [1.807, 2.05) is 170 Å². The Labute approximate surface area is 419 Å². The molecule has 11 aromatic carbocycles. The number of imide groups is 2. The van der Waals surface area contributed by atoms with Crippen molar-refractivity contribution in [3.8, 4) is 33.6 Å². The molecule has 13 aromatic rings. The summed E-state index contributed by atoms with van der Waals surface area (Å²) in [6.07, 6.45) is 0. The molecule has 0 saturated heterocycles. The van der Waals surface area contributed by atoms with Crippen molar-refractivity contribution in [2.24, 2.45) is 0 Å². The number of pyridine rings is 2. The monoisotopic (exact) mass is 956 g/mol. The van der Waals surface area contributed by atoms with E-state index in [1.165, 1.54) is 23.9 Å². The van der Waals surface area contributed by atoms with Gasteiger partial charge in [0.1, 0.15) is 0 Å². The molecule has 0 atom stereocenters. The van der Waals surface area contributed by atoms with Gasteiger partial charge in [0.2, 0.25) is 0 Å². The molecule has 2 aromatic heterocycles. The Hall–Kier alpha value is -10.1. The molecule has 0 fully saturated rings. The van der Waals surface area contributed by atoms with Crippen molar-refractivity contribution < 1.29 is 19.2 Å². The number of hydrogen-bond acceptors (Lipinski definition) is 6. The summed E-state index contributed by atoms with van der Waals surface area (Å²) in [4.78, 5) is 87.5. The Balaban J connectivity index is 0.985. The summed E-state index contributed by atoms with van der Waals surface area (Å²) < 4.78 is 4.14. The van der Waals surface area contributed by atoms with Gasteiger partial charge in [0.15, 0.2) is 10.9 Å². The third kappa shape index (κ3) is 5.32. The van der Waals surface area contributed by atoms with Crippen LogP contribution >= 0.6 is 0 Å². The van der Waals surface area contributed by atoms with Crippen LogP contribution in [0, 0.1) is 0 Å². The van der Waals surface area contributed by atoms with Crippen LogP contribution in [-0.2, 0) is 0 Å². The molecule has 10 nitrogen and oxygen atoms in total. The molecular weight excluding hydrogens is 921 g/mol. The summed E-state index contributed by atoms with van der Waals surface area (Å²) in [6, 6.07) is 57.4. The Morgan fingerprint density at radius 2 is 0.608 bits per heavy atom. The van der Waals surface area contributed by atoms with Crippen LogP contribution in [0.25, 0.3) is 120 Å². The molecule has 74 heavy (non-hydrogen) atoms. The van der Waals surface area contributed by atoms with Gasteiger partial charge in [-0.15, -0.1) is 0 Å². The number of fused-ring (bicyclic) bond motifs is 6. The smallest absolute Gasteiger partial charge is 0.261 e. The van der Waals surface area contributed by atoms with Crippen LogP contribution in [0.15, 0.2) is 192 Å². The highest BCUT2D eigenvalue weighted by molar-refractivity contribution is 6.43. The zero-order valence-electron chi connectivity index (χ0n) is 39.6. The van der Waals surface area contributed by atoms with Gasteiger partial charge < -0.3 is 9.13 Å². The lowest BCUT2D eigenvalue weighted by molar-refractivity contribution is 0.0636. The van der Waals surface area contributed by atoms with Crippen molar-refractivity contribution >= 4 is 110 Å². The quantitative estimate of drug-likeness (QED) is 0.0984. The highest BCUT2D eigenvalue weighted by Gasteiger charge is 2.38. The second-order valence-electron chi connectivity index (χ2n) is 19.3. The van der Waals surface area contributed by atoms with Crippen molar-refractivity contribution in [2.45, 2.75) is 0 Å². The fraction of sp³-hybridized carbons (Fsp3) is 0.0312. The van der Waals surface area contributed by atoms with Crippen molar-refractivity contribution in [3.63, 3.8) is 0 Å². The fourth-order valence-electron chi connectivity index (χ4n) is 12.3. The normalized spacial score (nSPS) is 13.7. The van der Waals surface area contributed by atoms with E-state index >= 15 is 0 Å². The molecule has 0 N–H and O–H groups in total. The third-order valence-corrected chi connectivity index (χ3v) is 15.7. The molecule has 4 amide bonds. The Bertz CT molecular complexity index is 4500. The zero-order valence-corrected chi connectivity index (χ0v) is 39.6. The minimum Gasteiger partial charge on any atom is -0.309 e. The third-order valence-electron chi connectivity index (χ3n) is 15.7. The number of para-hydroxylation sites is 4. The molecule has 2 aliphatic rings. The van der Waals surface area contributed by atoms with Crippen LogP contribution in [-0.4, -0.2) is 56.7 Å². The SMILES string of the molecule is CN1C(=O)c2ccc3c4cc(-c5ccc(-n6c7ccccc7c(=O)c7ccccc76)cc5)c5c6c(ccc(c7cc(-c8ccc(-n9c%10ccccc%10c(=O)c%10ccccc%109)cc8)c(c2c37)C1=O)c64)C(=O)N(C)C5=O. The topological polar surface area (TPSA) is 119 Å². The predicted molar refractivity (Wildman–Crippen MR) is 293 cm³/mol. The summed E-state index contributed by atoms with van der Waals surface area (Å²) in [5, 5.41) is 8.02. The van der Waals surface area contributed by atoms with Gasteiger partial charge in [-0.1, -0.05) is 84.9 Å². The second-order valence-corrected chi connectivity index (χ2v) is 19.3. The second kappa shape index (κ2) is 14.8. The number of aromatic nitrogens is 2. The van der Waals surface area contributed by atoms with E-state index in [1.54, 1.807) is 12.1 Å². The van der Waals surface area contributed by atoms with Crippen LogP contribution in [0.4, 0.5) is 0 Å². The summed E-state index contributed by atoms with van der Waals surface area (Å²) in [5.74, 6) is -1.68. The Morgan fingerprint density at radius 1 is 0.284 bits per heavy atom. The lowest BCUT2D eigenvalue weighted by Gasteiger charge is -2.30. The van der Waals surface area contributed by atoms with Gasteiger partial charge >= 0.3 is 0 Å². The van der Waals surface area contributed by atoms with Crippen molar-refractivity contribution in [1.82, 2.24) is 18.9 Å². The van der Waals surface area contributed by atoms with E-state index < -0.39 is 23.6 Å². The first-order valence-corrected chi connectivity index (χ1v) is 24.3. The van der Waals surface area contributed by atoms with Crippen molar-refractivity contribution in [1.29, 1.82) is 0 Å². The van der Waals surface area contributed by atoms with Gasteiger partial charge in [-0.3, -0.25) is 38.6 Å². The van der Waals surface area contributed by atoms with Gasteiger partial charge in [0.25, 0.3) is 23.6 Å². The number of carbonyl (C=O) groups is 4. The maximum Gasteiger partial charge on any atom is 0.261 e. The fourth-order valence-corrected chi connectivity index (χ4v) is 12.3.